The van der Waals surface area contributed by atoms with E-state index < -0.39 is 11.5 Å². The maximum Gasteiger partial charge on any atom is 0.341 e. The summed E-state index contributed by atoms with van der Waals surface area (Å²) < 4.78 is 7.10. The quantitative estimate of drug-likeness (QED) is 0.921. The Morgan fingerprint density at radius 1 is 1.23 bits per heavy atom. The van der Waals surface area contributed by atoms with E-state index in [-0.39, 0.29) is 11.6 Å². The lowest BCUT2D eigenvalue weighted by molar-refractivity contribution is 0.0694. The summed E-state index contributed by atoms with van der Waals surface area (Å²) in [6, 6.07) is 10.2. The zero-order valence-electron chi connectivity index (χ0n) is 12.9. The van der Waals surface area contributed by atoms with Crippen molar-refractivity contribution in [3.8, 4) is 17.0 Å². The average molecular weight is 301 g/mol. The van der Waals surface area contributed by atoms with Crippen molar-refractivity contribution < 1.29 is 14.6 Å². The molecular formula is C17H19NO4. The summed E-state index contributed by atoms with van der Waals surface area (Å²) in [6.45, 7) is 6.09. The van der Waals surface area contributed by atoms with Crippen molar-refractivity contribution in [2.75, 3.05) is 6.61 Å². The molecule has 1 aromatic carbocycles. The maximum absolute atomic E-state index is 12.5. The SMILES string of the molecule is CCOc1ccccc1-c1ccc(C(=O)O)c(=O)n1C(C)C. The summed E-state index contributed by atoms with van der Waals surface area (Å²) in [5.41, 5.74) is 0.679. The molecule has 2 aromatic rings. The topological polar surface area (TPSA) is 68.5 Å². The number of pyridine rings is 1. The zero-order valence-corrected chi connectivity index (χ0v) is 12.9. The second kappa shape index (κ2) is 6.47. The van der Waals surface area contributed by atoms with Crippen molar-refractivity contribution in [1.82, 2.24) is 4.57 Å². The Balaban J connectivity index is 2.74. The fourth-order valence-corrected chi connectivity index (χ4v) is 2.41. The van der Waals surface area contributed by atoms with Crippen molar-refractivity contribution in [2.24, 2.45) is 0 Å². The first-order valence-corrected chi connectivity index (χ1v) is 7.18. The lowest BCUT2D eigenvalue weighted by Crippen LogP contribution is -2.28. The van der Waals surface area contributed by atoms with E-state index in [1.165, 1.54) is 10.6 Å². The Bertz CT molecular complexity index is 747. The van der Waals surface area contributed by atoms with Gasteiger partial charge in [0.1, 0.15) is 11.3 Å². The minimum absolute atomic E-state index is 0.170. The fraction of sp³-hybridized carbons (Fsp3) is 0.294. The Morgan fingerprint density at radius 2 is 1.91 bits per heavy atom. The van der Waals surface area contributed by atoms with Crippen LogP contribution >= 0.6 is 0 Å². The highest BCUT2D eigenvalue weighted by atomic mass is 16.5. The molecule has 0 amide bonds. The first-order chi connectivity index (χ1) is 10.5. The van der Waals surface area contributed by atoms with Crippen LogP contribution in [0.3, 0.4) is 0 Å². The summed E-state index contributed by atoms with van der Waals surface area (Å²) in [5.74, 6) is -0.550. The van der Waals surface area contributed by atoms with Crippen LogP contribution in [0.25, 0.3) is 11.3 Å². The molecule has 116 valence electrons. The first kappa shape index (κ1) is 15.8. The largest absolute Gasteiger partial charge is 0.493 e. The van der Waals surface area contributed by atoms with Crippen LogP contribution in [0.1, 0.15) is 37.2 Å². The summed E-state index contributed by atoms with van der Waals surface area (Å²) in [4.78, 5) is 23.6. The van der Waals surface area contributed by atoms with E-state index in [1.807, 2.05) is 45.0 Å². The van der Waals surface area contributed by atoms with Crippen molar-refractivity contribution >= 4 is 5.97 Å². The third kappa shape index (κ3) is 2.88. The molecule has 0 spiro atoms. The maximum atomic E-state index is 12.5. The molecule has 0 fully saturated rings. The standard InChI is InChI=1S/C17H19NO4/c1-4-22-15-8-6-5-7-12(15)14-10-9-13(17(20)21)16(19)18(14)11(2)3/h5-11H,4H2,1-3H3,(H,20,21). The Labute approximate surface area is 128 Å². The van der Waals surface area contributed by atoms with Crippen LogP contribution in [0.2, 0.25) is 0 Å². The van der Waals surface area contributed by atoms with Gasteiger partial charge in [0, 0.05) is 11.6 Å². The van der Waals surface area contributed by atoms with Crippen LogP contribution in [-0.4, -0.2) is 22.2 Å². The zero-order chi connectivity index (χ0) is 16.3. The van der Waals surface area contributed by atoms with Gasteiger partial charge < -0.3 is 14.4 Å². The molecule has 22 heavy (non-hydrogen) atoms. The Hall–Kier alpha value is -2.56. The molecule has 0 bridgehead atoms. The molecule has 1 N–H and O–H groups in total. The summed E-state index contributed by atoms with van der Waals surface area (Å²) in [7, 11) is 0. The van der Waals surface area contributed by atoms with E-state index in [9.17, 15) is 9.59 Å². The number of carbonyl (C=O) groups is 1. The van der Waals surface area contributed by atoms with Crippen LogP contribution in [0.4, 0.5) is 0 Å². The Morgan fingerprint density at radius 3 is 2.50 bits per heavy atom. The average Bonchev–Trinajstić information content (AvgIpc) is 2.47. The van der Waals surface area contributed by atoms with E-state index >= 15 is 0 Å². The van der Waals surface area contributed by atoms with Crippen LogP contribution in [0, 0.1) is 0 Å². The van der Waals surface area contributed by atoms with Gasteiger partial charge in [0.2, 0.25) is 0 Å². The van der Waals surface area contributed by atoms with E-state index in [0.29, 0.717) is 18.1 Å². The molecule has 5 nitrogen and oxygen atoms in total. The third-order valence-corrected chi connectivity index (χ3v) is 3.33. The minimum Gasteiger partial charge on any atom is -0.493 e. The van der Waals surface area contributed by atoms with Gasteiger partial charge in [0.25, 0.3) is 5.56 Å². The molecule has 0 aliphatic rings. The molecule has 0 aliphatic carbocycles. The van der Waals surface area contributed by atoms with E-state index in [0.717, 1.165) is 5.56 Å². The first-order valence-electron chi connectivity index (χ1n) is 7.18. The molecule has 0 unspecified atom stereocenters. The van der Waals surface area contributed by atoms with Gasteiger partial charge in [-0.3, -0.25) is 4.79 Å². The molecule has 1 aromatic heterocycles. The lowest BCUT2D eigenvalue weighted by Gasteiger charge is -2.19. The van der Waals surface area contributed by atoms with Crippen molar-refractivity contribution in [3.63, 3.8) is 0 Å². The number of carboxylic acid groups (broad SMARTS) is 1. The molecule has 5 heteroatoms. The van der Waals surface area contributed by atoms with Crippen molar-refractivity contribution in [3.05, 3.63) is 52.3 Å². The molecule has 0 saturated heterocycles. The third-order valence-electron chi connectivity index (χ3n) is 3.33. The Kier molecular flexibility index (Phi) is 4.65. The molecular weight excluding hydrogens is 282 g/mol. The smallest absolute Gasteiger partial charge is 0.341 e. The number of rotatable bonds is 5. The number of carboxylic acids is 1. The lowest BCUT2D eigenvalue weighted by atomic mass is 10.1. The van der Waals surface area contributed by atoms with Gasteiger partial charge in [-0.05, 0) is 45.0 Å². The number of hydrogen-bond acceptors (Lipinski definition) is 3. The highest BCUT2D eigenvalue weighted by Gasteiger charge is 2.18. The monoisotopic (exact) mass is 301 g/mol. The van der Waals surface area contributed by atoms with Crippen LogP contribution in [-0.2, 0) is 0 Å². The number of ether oxygens (including phenoxy) is 1. The number of para-hydroxylation sites is 1. The molecule has 0 saturated carbocycles. The van der Waals surface area contributed by atoms with Gasteiger partial charge >= 0.3 is 5.97 Å². The van der Waals surface area contributed by atoms with E-state index in [4.69, 9.17) is 9.84 Å². The van der Waals surface area contributed by atoms with Gasteiger partial charge in [0.05, 0.1) is 12.3 Å². The second-order valence-electron chi connectivity index (χ2n) is 5.14. The van der Waals surface area contributed by atoms with Gasteiger partial charge in [-0.25, -0.2) is 4.79 Å². The number of aromatic nitrogens is 1. The minimum atomic E-state index is -1.22. The summed E-state index contributed by atoms with van der Waals surface area (Å²) in [5, 5.41) is 9.13. The highest BCUT2D eigenvalue weighted by molar-refractivity contribution is 5.87. The molecule has 0 atom stereocenters. The van der Waals surface area contributed by atoms with Crippen molar-refractivity contribution in [2.45, 2.75) is 26.8 Å². The van der Waals surface area contributed by atoms with E-state index in [2.05, 4.69) is 0 Å². The number of aromatic carboxylic acids is 1. The number of hydrogen-bond donors (Lipinski definition) is 1. The van der Waals surface area contributed by atoms with Gasteiger partial charge in [-0.15, -0.1) is 0 Å². The van der Waals surface area contributed by atoms with Crippen molar-refractivity contribution in [1.29, 1.82) is 0 Å². The summed E-state index contributed by atoms with van der Waals surface area (Å²) >= 11 is 0. The van der Waals surface area contributed by atoms with Crippen LogP contribution in [0.15, 0.2) is 41.2 Å². The van der Waals surface area contributed by atoms with Gasteiger partial charge in [-0.2, -0.15) is 0 Å². The molecule has 0 radical (unpaired) electrons. The summed E-state index contributed by atoms with van der Waals surface area (Å²) in [6.07, 6.45) is 0. The van der Waals surface area contributed by atoms with Gasteiger partial charge in [-0.1, -0.05) is 12.1 Å². The molecule has 2 rings (SSSR count). The second-order valence-corrected chi connectivity index (χ2v) is 5.14. The molecule has 1 heterocycles. The number of benzene rings is 1. The van der Waals surface area contributed by atoms with Crippen LogP contribution < -0.4 is 10.3 Å². The number of nitrogens with zero attached hydrogens (tertiary/aromatic N) is 1. The van der Waals surface area contributed by atoms with Crippen LogP contribution in [0.5, 0.6) is 5.75 Å². The van der Waals surface area contributed by atoms with E-state index in [1.54, 1.807) is 6.07 Å². The normalized spacial score (nSPS) is 10.7. The fourth-order valence-electron chi connectivity index (χ4n) is 2.41. The predicted molar refractivity (Wildman–Crippen MR) is 84.7 cm³/mol. The molecule has 0 aliphatic heterocycles. The van der Waals surface area contributed by atoms with Gasteiger partial charge in [0.15, 0.2) is 0 Å². The predicted octanol–water partition coefficient (Wildman–Crippen LogP) is 3.19. The highest BCUT2D eigenvalue weighted by Crippen LogP contribution is 2.30.